The Bertz CT molecular complexity index is 257. The number of hydrogen-bond donors (Lipinski definition) is 0. The predicted octanol–water partition coefficient (Wildman–Crippen LogP) is 1.20. The molecule has 0 atom stereocenters. The van der Waals surface area contributed by atoms with E-state index in [1.165, 1.54) is 6.92 Å². The van der Waals surface area contributed by atoms with Gasteiger partial charge in [0.15, 0.2) is 0 Å². The largest absolute Gasteiger partial charge is 0.451 e. The molecule has 11 heavy (non-hydrogen) atoms. The van der Waals surface area contributed by atoms with Crippen molar-refractivity contribution in [3.63, 3.8) is 0 Å². The van der Waals surface area contributed by atoms with Gasteiger partial charge in [0, 0.05) is 0 Å². The van der Waals surface area contributed by atoms with Crippen LogP contribution in [0.5, 0.6) is 0 Å². The highest BCUT2D eigenvalue weighted by molar-refractivity contribution is 4.92. The average molecular weight is 163 g/mol. The maximum Gasteiger partial charge on any atom is 0.451 e. The summed E-state index contributed by atoms with van der Waals surface area (Å²) in [6, 6.07) is 0. The van der Waals surface area contributed by atoms with Gasteiger partial charge in [-0.15, -0.1) is 0 Å². The molecule has 0 bridgehead atoms. The van der Waals surface area contributed by atoms with Crippen molar-refractivity contribution in [3.8, 4) is 0 Å². The van der Waals surface area contributed by atoms with E-state index in [0.29, 0.717) is 0 Å². The second-order valence-corrected chi connectivity index (χ2v) is 1.85. The molecule has 0 aliphatic rings. The van der Waals surface area contributed by atoms with Crippen LogP contribution in [0.25, 0.3) is 0 Å². The molecule has 1 heterocycles. The molecule has 0 aliphatic carbocycles. The minimum Gasteiger partial charge on any atom is -0.222 e. The van der Waals surface area contributed by atoms with Gasteiger partial charge in [0.1, 0.15) is 12.2 Å². The number of alkyl halides is 3. The molecule has 0 amide bonds. The molecule has 0 fully saturated rings. The Morgan fingerprint density at radius 1 is 1.27 bits per heavy atom. The normalized spacial score (nSPS) is 11.6. The molecule has 0 N–H and O–H groups in total. The fourth-order valence-corrected chi connectivity index (χ4v) is 0.515. The van der Waals surface area contributed by atoms with E-state index in [0.717, 1.165) is 6.33 Å². The smallest absolute Gasteiger partial charge is 0.222 e. The molecular formula is C5H4F3N3. The molecule has 6 heteroatoms. The van der Waals surface area contributed by atoms with Gasteiger partial charge < -0.3 is 0 Å². The third kappa shape index (κ3) is 1.86. The van der Waals surface area contributed by atoms with Gasteiger partial charge in [0.2, 0.25) is 5.82 Å². The third-order valence-electron chi connectivity index (χ3n) is 0.946. The minimum absolute atomic E-state index is 0.0623. The highest BCUT2D eigenvalue weighted by atomic mass is 19.4. The van der Waals surface area contributed by atoms with Crippen molar-refractivity contribution in [3.05, 3.63) is 18.0 Å². The van der Waals surface area contributed by atoms with Crippen LogP contribution in [0.4, 0.5) is 13.2 Å². The first kappa shape index (κ1) is 7.90. The van der Waals surface area contributed by atoms with Gasteiger partial charge in [0.05, 0.1) is 0 Å². The highest BCUT2D eigenvalue weighted by Crippen LogP contribution is 2.24. The van der Waals surface area contributed by atoms with Crippen molar-refractivity contribution in [1.82, 2.24) is 15.0 Å². The van der Waals surface area contributed by atoms with Crippen LogP contribution in [0.2, 0.25) is 0 Å². The van der Waals surface area contributed by atoms with Crippen molar-refractivity contribution in [2.24, 2.45) is 0 Å². The standard InChI is InChI=1S/C5H4F3N3/c1-3-9-2-10-4(11-3)5(6,7)8/h2H,1H3. The zero-order valence-corrected chi connectivity index (χ0v) is 5.55. The van der Waals surface area contributed by atoms with Crippen molar-refractivity contribution >= 4 is 0 Å². The average Bonchev–Trinajstić information content (AvgIpc) is 1.86. The van der Waals surface area contributed by atoms with E-state index >= 15 is 0 Å². The van der Waals surface area contributed by atoms with E-state index in [4.69, 9.17) is 0 Å². The van der Waals surface area contributed by atoms with Crippen molar-refractivity contribution in [1.29, 1.82) is 0 Å². The quantitative estimate of drug-likeness (QED) is 0.576. The zero-order valence-electron chi connectivity index (χ0n) is 5.55. The summed E-state index contributed by atoms with van der Waals surface area (Å²) in [6.07, 6.45) is -3.64. The van der Waals surface area contributed by atoms with Gasteiger partial charge in [-0.25, -0.2) is 15.0 Å². The second-order valence-electron chi connectivity index (χ2n) is 1.85. The fraction of sp³-hybridized carbons (Fsp3) is 0.400. The van der Waals surface area contributed by atoms with Crippen molar-refractivity contribution in [2.75, 3.05) is 0 Å². The molecule has 1 aromatic rings. The first-order chi connectivity index (χ1) is 5.00. The lowest BCUT2D eigenvalue weighted by atomic mass is 10.5. The van der Waals surface area contributed by atoms with E-state index in [9.17, 15) is 13.2 Å². The maximum atomic E-state index is 11.8. The van der Waals surface area contributed by atoms with Gasteiger partial charge in [0.25, 0.3) is 0 Å². The fourth-order valence-electron chi connectivity index (χ4n) is 0.515. The molecule has 3 nitrogen and oxygen atoms in total. The first-order valence-electron chi connectivity index (χ1n) is 2.73. The predicted molar refractivity (Wildman–Crippen MR) is 29.6 cm³/mol. The number of rotatable bonds is 0. The molecule has 1 aromatic heterocycles. The summed E-state index contributed by atoms with van der Waals surface area (Å²) >= 11 is 0. The van der Waals surface area contributed by atoms with Gasteiger partial charge >= 0.3 is 6.18 Å². The lowest BCUT2D eigenvalue weighted by Crippen LogP contribution is -2.11. The molecule has 0 aromatic carbocycles. The van der Waals surface area contributed by atoms with E-state index in [1.54, 1.807) is 0 Å². The summed E-state index contributed by atoms with van der Waals surface area (Å²) in [7, 11) is 0. The topological polar surface area (TPSA) is 38.7 Å². The number of aryl methyl sites for hydroxylation is 1. The van der Waals surface area contributed by atoms with Crippen LogP contribution >= 0.6 is 0 Å². The summed E-state index contributed by atoms with van der Waals surface area (Å²) in [4.78, 5) is 9.49. The van der Waals surface area contributed by atoms with Crippen molar-refractivity contribution < 1.29 is 13.2 Å². The summed E-state index contributed by atoms with van der Waals surface area (Å²) in [5, 5.41) is 0. The van der Waals surface area contributed by atoms with E-state index in [1.807, 2.05) is 0 Å². The van der Waals surface area contributed by atoms with Crippen LogP contribution in [-0.4, -0.2) is 15.0 Å². The second kappa shape index (κ2) is 2.44. The Morgan fingerprint density at radius 2 is 1.91 bits per heavy atom. The van der Waals surface area contributed by atoms with E-state index < -0.39 is 12.0 Å². The molecule has 0 spiro atoms. The maximum absolute atomic E-state index is 11.8. The lowest BCUT2D eigenvalue weighted by Gasteiger charge is -2.02. The molecule has 60 valence electrons. The zero-order chi connectivity index (χ0) is 8.48. The lowest BCUT2D eigenvalue weighted by molar-refractivity contribution is -0.145. The number of nitrogens with zero attached hydrogens (tertiary/aromatic N) is 3. The van der Waals surface area contributed by atoms with Gasteiger partial charge in [-0.1, -0.05) is 0 Å². The summed E-state index contributed by atoms with van der Waals surface area (Å²) in [5.74, 6) is -1.09. The van der Waals surface area contributed by atoms with Crippen LogP contribution in [0, 0.1) is 6.92 Å². The van der Waals surface area contributed by atoms with Crippen LogP contribution in [0.3, 0.4) is 0 Å². The SMILES string of the molecule is Cc1ncnc(C(F)(F)F)n1. The van der Waals surface area contributed by atoms with Gasteiger partial charge in [-0.3, -0.25) is 0 Å². The number of aromatic nitrogens is 3. The van der Waals surface area contributed by atoms with Gasteiger partial charge in [-0.2, -0.15) is 13.2 Å². The highest BCUT2D eigenvalue weighted by Gasteiger charge is 2.34. The van der Waals surface area contributed by atoms with Gasteiger partial charge in [-0.05, 0) is 6.92 Å². The van der Waals surface area contributed by atoms with E-state index in [2.05, 4.69) is 15.0 Å². The molecule has 1 rings (SSSR count). The molecular weight excluding hydrogens is 159 g/mol. The summed E-state index contributed by atoms with van der Waals surface area (Å²) < 4.78 is 35.4. The Balaban J connectivity index is 3.06. The van der Waals surface area contributed by atoms with Crippen LogP contribution in [-0.2, 0) is 6.18 Å². The molecule has 0 radical (unpaired) electrons. The first-order valence-corrected chi connectivity index (χ1v) is 2.73. The molecule has 0 saturated carbocycles. The Labute approximate surface area is 60.3 Å². The van der Waals surface area contributed by atoms with Crippen molar-refractivity contribution in [2.45, 2.75) is 13.1 Å². The van der Waals surface area contributed by atoms with Crippen LogP contribution in [0.1, 0.15) is 11.6 Å². The number of hydrogen-bond acceptors (Lipinski definition) is 3. The Morgan fingerprint density at radius 3 is 2.27 bits per heavy atom. The van der Waals surface area contributed by atoms with Crippen LogP contribution < -0.4 is 0 Å². The van der Waals surface area contributed by atoms with E-state index in [-0.39, 0.29) is 5.82 Å². The third-order valence-corrected chi connectivity index (χ3v) is 0.946. The minimum atomic E-state index is -4.48. The Hall–Kier alpha value is -1.20. The number of halogens is 3. The van der Waals surface area contributed by atoms with Crippen LogP contribution in [0.15, 0.2) is 6.33 Å². The molecule has 0 saturated heterocycles. The molecule has 0 aliphatic heterocycles. The molecule has 0 unspecified atom stereocenters. The summed E-state index contributed by atoms with van der Waals surface area (Å²) in [5.41, 5.74) is 0. The Kier molecular flexibility index (Phi) is 1.76. The summed E-state index contributed by atoms with van der Waals surface area (Å²) in [6.45, 7) is 1.37. The monoisotopic (exact) mass is 163 g/mol.